The fourth-order valence-electron chi connectivity index (χ4n) is 4.44. The Hall–Kier alpha value is -3.52. The Morgan fingerprint density at radius 3 is 2.79 bits per heavy atom. The third-order valence-corrected chi connectivity index (χ3v) is 6.12. The van der Waals surface area contributed by atoms with E-state index in [-0.39, 0.29) is 23.8 Å². The van der Waals surface area contributed by atoms with Crippen LogP contribution in [0.15, 0.2) is 58.8 Å². The van der Waals surface area contributed by atoms with Crippen LogP contribution < -0.4 is 5.32 Å². The predicted octanol–water partition coefficient (Wildman–Crippen LogP) is 4.86. The van der Waals surface area contributed by atoms with Gasteiger partial charge in [0.15, 0.2) is 0 Å². The second-order valence-electron chi connectivity index (χ2n) is 8.47. The number of nitrogens with zero attached hydrogens (tertiary/aromatic N) is 3. The lowest BCUT2D eigenvalue weighted by Gasteiger charge is -2.36. The van der Waals surface area contributed by atoms with Gasteiger partial charge in [0.1, 0.15) is 5.82 Å². The summed E-state index contributed by atoms with van der Waals surface area (Å²) in [6.07, 6.45) is 1.85. The summed E-state index contributed by atoms with van der Waals surface area (Å²) in [5.74, 6) is 0.358. The maximum Gasteiger partial charge on any atom is 0.322 e. The Morgan fingerprint density at radius 2 is 2.03 bits per heavy atom. The maximum absolute atomic E-state index is 14.0. The van der Waals surface area contributed by atoms with Gasteiger partial charge in [0.2, 0.25) is 5.82 Å². The van der Waals surface area contributed by atoms with Gasteiger partial charge in [0, 0.05) is 17.9 Å². The molecule has 1 N–H and O–H groups in total. The molecule has 0 spiro atoms. The molecule has 2 atom stereocenters. The van der Waals surface area contributed by atoms with Gasteiger partial charge in [0.25, 0.3) is 5.89 Å². The fraction of sp³-hybridized carbons (Fsp3) is 0.320. The van der Waals surface area contributed by atoms with Crippen molar-refractivity contribution < 1.29 is 18.4 Å². The molecule has 1 saturated heterocycles. The number of carbonyl (C=O) groups is 1. The van der Waals surface area contributed by atoms with Crippen LogP contribution in [0.25, 0.3) is 17.0 Å². The molecule has 0 bridgehead atoms. The van der Waals surface area contributed by atoms with Gasteiger partial charge in [-0.25, -0.2) is 9.18 Å². The summed E-state index contributed by atoms with van der Waals surface area (Å²) in [7, 11) is 0. The largest absolute Gasteiger partial charge is 0.376 e. The Morgan fingerprint density at radius 1 is 1.18 bits per heavy atom. The van der Waals surface area contributed by atoms with Crippen LogP contribution in [0.5, 0.6) is 0 Å². The summed E-state index contributed by atoms with van der Waals surface area (Å²) in [6, 6.07) is 13.1. The molecule has 0 radical (unpaired) electrons. The molecule has 7 nitrogen and oxygen atoms in total. The molecule has 0 aliphatic carbocycles. The molecule has 2 aliphatic rings. The zero-order chi connectivity index (χ0) is 22.9. The molecule has 2 amide bonds. The van der Waals surface area contributed by atoms with Gasteiger partial charge in [-0.05, 0) is 50.5 Å². The highest BCUT2D eigenvalue weighted by Crippen LogP contribution is 2.38. The highest BCUT2D eigenvalue weighted by atomic mass is 19.1. The number of carbonyl (C=O) groups excluding carboxylic acids is 1. The van der Waals surface area contributed by atoms with Crippen LogP contribution in [-0.2, 0) is 4.74 Å². The number of nitrogens with one attached hydrogen (secondary N) is 1. The minimum atomic E-state index is -0.625. The first-order valence-electron chi connectivity index (χ1n) is 11.1. The summed E-state index contributed by atoms with van der Waals surface area (Å²) in [6.45, 7) is 4.98. The van der Waals surface area contributed by atoms with E-state index < -0.39 is 6.04 Å². The first-order chi connectivity index (χ1) is 16.0. The first-order valence-corrected chi connectivity index (χ1v) is 11.1. The fourth-order valence-corrected chi connectivity index (χ4v) is 4.44. The van der Waals surface area contributed by atoms with Gasteiger partial charge in [-0.1, -0.05) is 41.1 Å². The maximum atomic E-state index is 14.0. The number of rotatable bonds is 5. The Bertz CT molecular complexity index is 1220. The summed E-state index contributed by atoms with van der Waals surface area (Å²) in [5, 5.41) is 7.18. The molecule has 2 aromatic carbocycles. The van der Waals surface area contributed by atoms with E-state index in [1.54, 1.807) is 17.0 Å². The van der Waals surface area contributed by atoms with Gasteiger partial charge in [-0.2, -0.15) is 4.98 Å². The number of halogens is 1. The van der Waals surface area contributed by atoms with Crippen molar-refractivity contribution in [2.45, 2.75) is 38.8 Å². The number of aryl methyl sites for hydroxylation is 1. The summed E-state index contributed by atoms with van der Waals surface area (Å²) < 4.78 is 25.5. The van der Waals surface area contributed by atoms with Crippen molar-refractivity contribution in [2.75, 3.05) is 13.2 Å². The van der Waals surface area contributed by atoms with Crippen LogP contribution in [0.4, 0.5) is 9.18 Å². The summed E-state index contributed by atoms with van der Waals surface area (Å²) >= 11 is 0. The van der Waals surface area contributed by atoms with Crippen molar-refractivity contribution >= 4 is 11.6 Å². The summed E-state index contributed by atoms with van der Waals surface area (Å²) in [4.78, 5) is 19.4. The number of aromatic nitrogens is 2. The molecule has 2 unspecified atom stereocenters. The minimum Gasteiger partial charge on any atom is -0.376 e. The molecule has 3 heterocycles. The van der Waals surface area contributed by atoms with Crippen molar-refractivity contribution in [3.63, 3.8) is 0 Å². The molecule has 1 aromatic heterocycles. The SMILES string of the molecule is CC1=C(c2nc(-c3cccc(C)c3)no2)C(c2cccc(F)c2)NC(=O)N1CC1CCCO1. The van der Waals surface area contributed by atoms with E-state index in [1.807, 2.05) is 38.1 Å². The van der Waals surface area contributed by atoms with E-state index in [2.05, 4.69) is 15.5 Å². The van der Waals surface area contributed by atoms with Gasteiger partial charge < -0.3 is 14.6 Å². The molecular weight excluding hydrogens is 423 g/mol. The van der Waals surface area contributed by atoms with Crippen molar-refractivity contribution in [2.24, 2.45) is 0 Å². The lowest BCUT2D eigenvalue weighted by Crippen LogP contribution is -2.48. The average Bonchev–Trinajstić information content (AvgIpc) is 3.49. The third kappa shape index (κ3) is 4.26. The second-order valence-corrected chi connectivity index (χ2v) is 8.47. The van der Waals surface area contributed by atoms with Crippen molar-refractivity contribution in [3.05, 3.63) is 77.1 Å². The minimum absolute atomic E-state index is 0.0248. The lowest BCUT2D eigenvalue weighted by atomic mass is 9.94. The van der Waals surface area contributed by atoms with E-state index in [9.17, 15) is 9.18 Å². The third-order valence-electron chi connectivity index (χ3n) is 6.12. The van der Waals surface area contributed by atoms with Crippen LogP contribution >= 0.6 is 0 Å². The highest BCUT2D eigenvalue weighted by molar-refractivity contribution is 5.87. The normalized spacial score (nSPS) is 20.9. The van der Waals surface area contributed by atoms with Crippen LogP contribution in [0.3, 0.4) is 0 Å². The van der Waals surface area contributed by atoms with Crippen LogP contribution in [0, 0.1) is 12.7 Å². The molecule has 5 rings (SSSR count). The predicted molar refractivity (Wildman–Crippen MR) is 120 cm³/mol. The number of urea groups is 1. The smallest absolute Gasteiger partial charge is 0.322 e. The van der Waals surface area contributed by atoms with E-state index >= 15 is 0 Å². The average molecular weight is 448 g/mol. The van der Waals surface area contributed by atoms with Gasteiger partial charge >= 0.3 is 6.03 Å². The zero-order valence-electron chi connectivity index (χ0n) is 18.5. The number of allylic oxidation sites excluding steroid dienone is 1. The van der Waals surface area contributed by atoms with Gasteiger partial charge in [-0.15, -0.1) is 0 Å². The number of ether oxygens (including phenoxy) is 1. The Kier molecular flexibility index (Phi) is 5.68. The Balaban J connectivity index is 1.58. The van der Waals surface area contributed by atoms with Crippen LogP contribution in [-0.4, -0.2) is 40.3 Å². The topological polar surface area (TPSA) is 80.5 Å². The molecule has 3 aromatic rings. The van der Waals surface area contributed by atoms with Crippen molar-refractivity contribution in [3.8, 4) is 11.4 Å². The summed E-state index contributed by atoms with van der Waals surface area (Å²) in [5.41, 5.74) is 3.85. The Labute approximate surface area is 191 Å². The molecule has 0 saturated carbocycles. The number of benzene rings is 2. The molecule has 170 valence electrons. The van der Waals surface area contributed by atoms with Gasteiger partial charge in [0.05, 0.1) is 24.3 Å². The standard InChI is InChI=1S/C25H25FN4O3/c1-15-6-3-8-18(12-15)23-28-24(33-29-23)21-16(2)30(14-20-10-5-11-32-20)25(31)27-22(21)17-7-4-9-19(26)13-17/h3-4,6-9,12-13,20,22H,5,10-11,14H2,1-2H3,(H,27,31). The van der Waals surface area contributed by atoms with E-state index in [1.165, 1.54) is 12.1 Å². The number of hydrogen-bond acceptors (Lipinski definition) is 5. The van der Waals surface area contributed by atoms with E-state index in [4.69, 9.17) is 9.26 Å². The van der Waals surface area contributed by atoms with E-state index in [0.717, 1.165) is 24.0 Å². The van der Waals surface area contributed by atoms with Crippen LogP contribution in [0.1, 0.15) is 42.8 Å². The lowest BCUT2D eigenvalue weighted by molar-refractivity contribution is 0.0877. The molecule has 33 heavy (non-hydrogen) atoms. The monoisotopic (exact) mass is 448 g/mol. The molecular formula is C25H25FN4O3. The molecule has 2 aliphatic heterocycles. The van der Waals surface area contributed by atoms with Crippen molar-refractivity contribution in [1.29, 1.82) is 0 Å². The van der Waals surface area contributed by atoms with E-state index in [0.29, 0.717) is 35.8 Å². The first kappa shape index (κ1) is 21.3. The number of hydrogen-bond donors (Lipinski definition) is 1. The highest BCUT2D eigenvalue weighted by Gasteiger charge is 2.37. The van der Waals surface area contributed by atoms with Crippen molar-refractivity contribution in [1.82, 2.24) is 20.4 Å². The van der Waals surface area contributed by atoms with Gasteiger partial charge in [-0.3, -0.25) is 4.90 Å². The molecule has 8 heteroatoms. The van der Waals surface area contributed by atoms with Crippen LogP contribution in [0.2, 0.25) is 0 Å². The molecule has 1 fully saturated rings. The zero-order valence-corrected chi connectivity index (χ0v) is 18.5. The second kappa shape index (κ2) is 8.78. The quantitative estimate of drug-likeness (QED) is 0.603. The number of amides is 2.